The van der Waals surface area contributed by atoms with Crippen LogP contribution in [0.25, 0.3) is 16.8 Å². The van der Waals surface area contributed by atoms with Crippen LogP contribution in [0.3, 0.4) is 0 Å². The predicted molar refractivity (Wildman–Crippen MR) is 180 cm³/mol. The first-order valence-corrected chi connectivity index (χ1v) is 15.3. The topological polar surface area (TPSA) is 107 Å². The van der Waals surface area contributed by atoms with E-state index in [4.69, 9.17) is 5.11 Å². The molecule has 0 bridgehead atoms. The van der Waals surface area contributed by atoms with E-state index in [1.54, 1.807) is 18.2 Å². The molecule has 238 valence electrons. The largest absolute Gasteiger partial charge is 0.481 e. The number of allylic oxidation sites excluding steroid dienone is 5. The molecule has 0 saturated carbocycles. The molecule has 0 aliphatic rings. The van der Waals surface area contributed by atoms with Gasteiger partial charge < -0.3 is 25.3 Å². The third-order valence-corrected chi connectivity index (χ3v) is 6.96. The van der Waals surface area contributed by atoms with Crippen LogP contribution in [0.1, 0.15) is 77.5 Å². The van der Waals surface area contributed by atoms with Crippen LogP contribution in [0.15, 0.2) is 85.5 Å². The summed E-state index contributed by atoms with van der Waals surface area (Å²) in [6, 6.07) is 16.1. The first-order valence-electron chi connectivity index (χ1n) is 15.3. The van der Waals surface area contributed by atoms with Gasteiger partial charge in [-0.05, 0) is 72.7 Å². The van der Waals surface area contributed by atoms with Gasteiger partial charge in [0.15, 0.2) is 0 Å². The summed E-state index contributed by atoms with van der Waals surface area (Å²) in [5.41, 5.74) is 13.2. The van der Waals surface area contributed by atoms with Gasteiger partial charge in [0.1, 0.15) is 5.82 Å². The quantitative estimate of drug-likeness (QED) is 0.0829. The minimum absolute atomic E-state index is 0.0452. The lowest BCUT2D eigenvalue weighted by atomic mass is 9.96. The number of anilines is 2. The molecule has 7 nitrogen and oxygen atoms in total. The van der Waals surface area contributed by atoms with E-state index in [-0.39, 0.29) is 24.6 Å². The lowest BCUT2D eigenvalue weighted by molar-refractivity contribution is -0.139. The second-order valence-corrected chi connectivity index (χ2v) is 10.5. The first-order chi connectivity index (χ1) is 21.2. The second kappa shape index (κ2) is 18.5. The number of carboxylic acids is 1. The standard InChI is InChI=1S/C34H42FN3O4.C2H6/c1-5-7-9-12-24(6-2)31-32(37-36-27-13-10-8-11-14-27)33(23(3)4)38(34(31)25-15-17-26(35)18-16-25)20-19-28(39)21-29(40)22-30(41)42;1-2/h5,7-18,23,28-29,36-37,39-40H,1,6,19-22H2,2-4H3,(H,41,42);1-2H3/b9-7-,24-12+;. The fourth-order valence-electron chi connectivity index (χ4n) is 5.10. The third-order valence-electron chi connectivity index (χ3n) is 6.96. The molecule has 2 atom stereocenters. The number of para-hydroxylation sites is 1. The van der Waals surface area contributed by atoms with Crippen molar-refractivity contribution in [3.8, 4) is 11.3 Å². The molecule has 0 aliphatic carbocycles. The minimum Gasteiger partial charge on any atom is -0.481 e. The Balaban J connectivity index is 0.00000330. The normalized spacial score (nSPS) is 12.9. The molecule has 44 heavy (non-hydrogen) atoms. The maximum absolute atomic E-state index is 14.1. The van der Waals surface area contributed by atoms with Gasteiger partial charge in [0.25, 0.3) is 0 Å². The maximum atomic E-state index is 14.1. The lowest BCUT2D eigenvalue weighted by Crippen LogP contribution is -2.22. The maximum Gasteiger partial charge on any atom is 0.305 e. The highest BCUT2D eigenvalue weighted by Crippen LogP contribution is 2.44. The van der Waals surface area contributed by atoms with E-state index in [1.807, 2.05) is 62.4 Å². The molecule has 0 aliphatic heterocycles. The van der Waals surface area contributed by atoms with Gasteiger partial charge in [0.05, 0.1) is 35.7 Å². The molecule has 3 rings (SSSR count). The lowest BCUT2D eigenvalue weighted by Gasteiger charge is -2.20. The average Bonchev–Trinajstić information content (AvgIpc) is 3.32. The van der Waals surface area contributed by atoms with E-state index in [9.17, 15) is 19.4 Å². The molecule has 5 N–H and O–H groups in total. The number of halogens is 1. The van der Waals surface area contributed by atoms with E-state index in [0.29, 0.717) is 13.0 Å². The van der Waals surface area contributed by atoms with Gasteiger partial charge >= 0.3 is 5.97 Å². The summed E-state index contributed by atoms with van der Waals surface area (Å²) in [6.07, 6.45) is 6.03. The van der Waals surface area contributed by atoms with Gasteiger partial charge in [-0.1, -0.05) is 83.7 Å². The smallest absolute Gasteiger partial charge is 0.305 e. The Labute approximate surface area is 261 Å². The fraction of sp³-hybridized carbons (Fsp3) is 0.361. The van der Waals surface area contributed by atoms with Gasteiger partial charge in [0.2, 0.25) is 0 Å². The molecule has 8 heteroatoms. The number of hydrogen-bond donors (Lipinski definition) is 5. The van der Waals surface area contributed by atoms with Crippen molar-refractivity contribution in [3.63, 3.8) is 0 Å². The average molecular weight is 606 g/mol. The van der Waals surface area contributed by atoms with Crippen LogP contribution in [0.4, 0.5) is 15.8 Å². The summed E-state index contributed by atoms with van der Waals surface area (Å²) in [4.78, 5) is 11.0. The highest BCUT2D eigenvalue weighted by molar-refractivity contribution is 5.91. The van der Waals surface area contributed by atoms with Gasteiger partial charge in [-0.25, -0.2) is 4.39 Å². The summed E-state index contributed by atoms with van der Waals surface area (Å²) in [5, 5.41) is 29.9. The second-order valence-electron chi connectivity index (χ2n) is 10.5. The van der Waals surface area contributed by atoms with Crippen LogP contribution in [-0.4, -0.2) is 38.1 Å². The van der Waals surface area contributed by atoms with Gasteiger partial charge in [0, 0.05) is 17.8 Å². The third kappa shape index (κ3) is 10.2. The van der Waals surface area contributed by atoms with Crippen LogP contribution in [-0.2, 0) is 11.3 Å². The summed E-state index contributed by atoms with van der Waals surface area (Å²) in [6.45, 7) is 14.4. The molecule has 0 fully saturated rings. The number of aliphatic hydroxyl groups is 2. The predicted octanol–water partition coefficient (Wildman–Crippen LogP) is 8.40. The molecule has 2 unspecified atom stereocenters. The molecular weight excluding hydrogens is 557 g/mol. The molecule has 3 aromatic rings. The summed E-state index contributed by atoms with van der Waals surface area (Å²) in [7, 11) is 0. The molecule has 0 amide bonds. The Kier molecular flexibility index (Phi) is 15.2. The van der Waals surface area contributed by atoms with Gasteiger partial charge in [-0.2, -0.15) is 0 Å². The first kappa shape index (κ1) is 36.1. The van der Waals surface area contributed by atoms with E-state index in [1.165, 1.54) is 12.1 Å². The van der Waals surface area contributed by atoms with Crippen LogP contribution < -0.4 is 10.9 Å². The molecule has 1 heterocycles. The fourth-order valence-corrected chi connectivity index (χ4v) is 5.10. The number of rotatable bonds is 16. The summed E-state index contributed by atoms with van der Waals surface area (Å²) < 4.78 is 16.2. The number of aliphatic carboxylic acids is 1. The Morgan fingerprint density at radius 1 is 1.00 bits per heavy atom. The number of hydrogen-bond acceptors (Lipinski definition) is 5. The van der Waals surface area contributed by atoms with Crippen molar-refractivity contribution in [1.82, 2.24) is 4.57 Å². The van der Waals surface area contributed by atoms with Crippen LogP contribution >= 0.6 is 0 Å². The number of aliphatic hydroxyl groups excluding tert-OH is 2. The molecule has 0 spiro atoms. The number of aromatic nitrogens is 1. The molecule has 0 radical (unpaired) electrons. The molecule has 1 aromatic heterocycles. The number of benzene rings is 2. The highest BCUT2D eigenvalue weighted by Gasteiger charge is 2.28. The number of carboxylic acid groups (broad SMARTS) is 1. The van der Waals surface area contributed by atoms with Crippen LogP contribution in [0.5, 0.6) is 0 Å². The summed E-state index contributed by atoms with van der Waals surface area (Å²) in [5.74, 6) is -1.40. The number of nitrogens with zero attached hydrogens (tertiary/aromatic N) is 1. The van der Waals surface area contributed by atoms with Crippen molar-refractivity contribution in [2.75, 3.05) is 10.9 Å². The van der Waals surface area contributed by atoms with Gasteiger partial charge in [-0.3, -0.25) is 10.2 Å². The van der Waals surface area contributed by atoms with E-state index in [0.717, 1.165) is 39.5 Å². The van der Waals surface area contributed by atoms with E-state index < -0.39 is 24.6 Å². The van der Waals surface area contributed by atoms with Crippen molar-refractivity contribution >= 4 is 22.9 Å². The zero-order valence-electron chi connectivity index (χ0n) is 26.6. The summed E-state index contributed by atoms with van der Waals surface area (Å²) >= 11 is 0. The zero-order valence-corrected chi connectivity index (χ0v) is 26.6. The van der Waals surface area contributed by atoms with E-state index >= 15 is 0 Å². The monoisotopic (exact) mass is 605 g/mol. The Morgan fingerprint density at radius 3 is 2.23 bits per heavy atom. The van der Waals surface area contributed by atoms with Crippen molar-refractivity contribution < 1.29 is 24.5 Å². The molecule has 2 aromatic carbocycles. The van der Waals surface area contributed by atoms with Crippen molar-refractivity contribution in [1.29, 1.82) is 0 Å². The Hall–Kier alpha value is -4.14. The minimum atomic E-state index is -1.14. The molecule has 0 saturated heterocycles. The Morgan fingerprint density at radius 2 is 1.66 bits per heavy atom. The molecular formula is C36H48FN3O4. The number of carbonyl (C=O) groups is 1. The highest BCUT2D eigenvalue weighted by atomic mass is 19.1. The Bertz CT molecular complexity index is 1380. The van der Waals surface area contributed by atoms with Crippen LogP contribution in [0, 0.1) is 5.82 Å². The zero-order chi connectivity index (χ0) is 32.6. The van der Waals surface area contributed by atoms with Crippen LogP contribution in [0.2, 0.25) is 0 Å². The van der Waals surface area contributed by atoms with Crippen molar-refractivity contribution in [2.24, 2.45) is 0 Å². The number of hydrazine groups is 1. The van der Waals surface area contributed by atoms with Crippen molar-refractivity contribution in [2.45, 2.75) is 85.0 Å². The number of nitrogens with one attached hydrogen (secondary N) is 2. The van der Waals surface area contributed by atoms with Crippen molar-refractivity contribution in [3.05, 3.63) is 103 Å². The SMILES string of the molecule is C=C/C=C\C=C(/CC)c1c(NNc2ccccc2)c(C(C)C)n(CCC(O)CC(O)CC(=O)O)c1-c1ccc(F)cc1.CC. The van der Waals surface area contributed by atoms with Gasteiger partial charge in [-0.15, -0.1) is 0 Å². The van der Waals surface area contributed by atoms with E-state index in [2.05, 4.69) is 42.8 Å².